The molecule has 0 aromatic heterocycles. The quantitative estimate of drug-likeness (QED) is 0.725. The molecular weight excluding hydrogens is 302 g/mol. The Morgan fingerprint density at radius 2 is 1.88 bits per heavy atom. The third-order valence-electron chi connectivity index (χ3n) is 5.74. The van der Waals surface area contributed by atoms with Gasteiger partial charge in [0.25, 0.3) is 0 Å². The Kier molecular flexibility index (Phi) is 8.44. The van der Waals surface area contributed by atoms with Crippen LogP contribution in [0.15, 0.2) is 0 Å². The smallest absolute Gasteiger partial charge is 0.0829 e. The number of likely N-dealkylation sites (N-methyl/N-ethyl adjacent to an activating group) is 1. The van der Waals surface area contributed by atoms with Gasteiger partial charge in [0, 0.05) is 25.7 Å². The second kappa shape index (κ2) is 10.1. The van der Waals surface area contributed by atoms with E-state index in [-0.39, 0.29) is 6.10 Å². The lowest BCUT2D eigenvalue weighted by atomic mass is 9.92. The molecule has 0 aromatic rings. The highest BCUT2D eigenvalue weighted by Gasteiger charge is 2.24. The normalized spacial score (nSPS) is 26.4. The number of aliphatic hydroxyl groups is 1. The van der Waals surface area contributed by atoms with E-state index in [1.165, 1.54) is 13.0 Å². The Labute approximate surface area is 148 Å². The van der Waals surface area contributed by atoms with Gasteiger partial charge in [-0.2, -0.15) is 0 Å². The van der Waals surface area contributed by atoms with Crippen LogP contribution in [0.1, 0.15) is 40.0 Å². The highest BCUT2D eigenvalue weighted by molar-refractivity contribution is 4.77. The Hall–Kier alpha value is -0.200. The summed E-state index contributed by atoms with van der Waals surface area (Å²) in [6.45, 7) is 15.1. The first-order valence-corrected chi connectivity index (χ1v) is 9.90. The summed E-state index contributed by atoms with van der Waals surface area (Å²) in [4.78, 5) is 7.51. The van der Waals surface area contributed by atoms with E-state index in [1.807, 2.05) is 6.92 Å². The number of morpholine rings is 1. The van der Waals surface area contributed by atoms with Crippen molar-refractivity contribution in [3.05, 3.63) is 0 Å². The fourth-order valence-electron chi connectivity index (χ4n) is 3.98. The molecule has 5 nitrogen and oxygen atoms in total. The van der Waals surface area contributed by atoms with Crippen LogP contribution in [0.5, 0.6) is 0 Å². The van der Waals surface area contributed by atoms with Gasteiger partial charge in [-0.15, -0.1) is 0 Å². The molecule has 0 radical (unpaired) electrons. The number of likely N-dealkylation sites (tertiary alicyclic amines) is 1. The molecule has 2 aliphatic rings. The first kappa shape index (κ1) is 20.1. The first-order chi connectivity index (χ1) is 11.5. The van der Waals surface area contributed by atoms with Crippen molar-refractivity contribution in [2.45, 2.75) is 58.3 Å². The van der Waals surface area contributed by atoms with Crippen molar-refractivity contribution in [2.75, 3.05) is 59.5 Å². The van der Waals surface area contributed by atoms with E-state index in [0.717, 1.165) is 58.7 Å². The fourth-order valence-corrected chi connectivity index (χ4v) is 3.98. The van der Waals surface area contributed by atoms with Gasteiger partial charge in [-0.1, -0.05) is 0 Å². The first-order valence-electron chi connectivity index (χ1n) is 9.90. The van der Waals surface area contributed by atoms with Gasteiger partial charge >= 0.3 is 0 Å². The van der Waals surface area contributed by atoms with Crippen molar-refractivity contribution in [1.82, 2.24) is 14.7 Å². The molecule has 2 atom stereocenters. The van der Waals surface area contributed by atoms with Crippen LogP contribution >= 0.6 is 0 Å². The molecule has 0 aliphatic carbocycles. The molecule has 142 valence electrons. The average Bonchev–Trinajstić information content (AvgIpc) is 2.55. The topological polar surface area (TPSA) is 39.2 Å². The maximum Gasteiger partial charge on any atom is 0.0829 e. The summed E-state index contributed by atoms with van der Waals surface area (Å²) in [7, 11) is 2.22. The van der Waals surface area contributed by atoms with Crippen LogP contribution in [-0.2, 0) is 4.74 Å². The SMILES string of the molecule is CC(C)N1CCOC(CN(C)CCCN2CCC([C@@H](C)O)CC2)C1. The van der Waals surface area contributed by atoms with E-state index >= 15 is 0 Å². The number of piperidine rings is 1. The maximum absolute atomic E-state index is 9.68. The standard InChI is InChI=1S/C19H39N3O2/c1-16(2)22-12-13-24-19(15-22)14-20(4)8-5-9-21-10-6-18(7-11-21)17(3)23/h16-19,23H,5-15H2,1-4H3/t17-,19?/m1/s1. The lowest BCUT2D eigenvalue weighted by Crippen LogP contribution is -2.49. The van der Waals surface area contributed by atoms with Gasteiger partial charge in [-0.25, -0.2) is 0 Å². The van der Waals surface area contributed by atoms with Crippen molar-refractivity contribution in [3.8, 4) is 0 Å². The monoisotopic (exact) mass is 341 g/mol. The second-order valence-electron chi connectivity index (χ2n) is 8.12. The van der Waals surface area contributed by atoms with Gasteiger partial charge < -0.3 is 19.6 Å². The van der Waals surface area contributed by atoms with Crippen LogP contribution in [-0.4, -0.2) is 97.5 Å². The van der Waals surface area contributed by atoms with Crippen LogP contribution in [0.2, 0.25) is 0 Å². The maximum atomic E-state index is 9.68. The average molecular weight is 342 g/mol. The highest BCUT2D eigenvalue weighted by atomic mass is 16.5. The minimum Gasteiger partial charge on any atom is -0.393 e. The molecule has 2 heterocycles. The second-order valence-corrected chi connectivity index (χ2v) is 8.12. The predicted molar refractivity (Wildman–Crippen MR) is 99.4 cm³/mol. The number of aliphatic hydroxyl groups excluding tert-OH is 1. The molecule has 0 aromatic carbocycles. The van der Waals surface area contributed by atoms with Crippen molar-refractivity contribution in [2.24, 2.45) is 5.92 Å². The molecular formula is C19H39N3O2. The zero-order valence-corrected chi connectivity index (χ0v) is 16.3. The molecule has 5 heteroatoms. The van der Waals surface area contributed by atoms with Crippen LogP contribution < -0.4 is 0 Å². The zero-order valence-electron chi connectivity index (χ0n) is 16.3. The zero-order chi connectivity index (χ0) is 17.5. The molecule has 1 unspecified atom stereocenters. The summed E-state index contributed by atoms with van der Waals surface area (Å²) >= 11 is 0. The van der Waals surface area contributed by atoms with Gasteiger partial charge in [-0.3, -0.25) is 4.90 Å². The van der Waals surface area contributed by atoms with E-state index in [4.69, 9.17) is 4.74 Å². The largest absolute Gasteiger partial charge is 0.393 e. The number of rotatable bonds is 8. The third-order valence-corrected chi connectivity index (χ3v) is 5.74. The predicted octanol–water partition coefficient (Wildman–Crippen LogP) is 1.51. The lowest BCUT2D eigenvalue weighted by Gasteiger charge is -2.37. The molecule has 2 aliphatic heterocycles. The highest BCUT2D eigenvalue weighted by Crippen LogP contribution is 2.20. The van der Waals surface area contributed by atoms with Crippen LogP contribution in [0.4, 0.5) is 0 Å². The van der Waals surface area contributed by atoms with E-state index in [0.29, 0.717) is 18.1 Å². The number of nitrogens with zero attached hydrogens (tertiary/aromatic N) is 3. The van der Waals surface area contributed by atoms with Gasteiger partial charge in [0.2, 0.25) is 0 Å². The van der Waals surface area contributed by atoms with Crippen LogP contribution in [0.3, 0.4) is 0 Å². The number of ether oxygens (including phenoxy) is 1. The van der Waals surface area contributed by atoms with Crippen molar-refractivity contribution < 1.29 is 9.84 Å². The van der Waals surface area contributed by atoms with Gasteiger partial charge in [0.05, 0.1) is 18.8 Å². The molecule has 1 N–H and O–H groups in total. The lowest BCUT2D eigenvalue weighted by molar-refractivity contribution is -0.0497. The Morgan fingerprint density at radius 1 is 1.17 bits per heavy atom. The van der Waals surface area contributed by atoms with Gasteiger partial charge in [0.1, 0.15) is 0 Å². The van der Waals surface area contributed by atoms with Crippen LogP contribution in [0, 0.1) is 5.92 Å². The summed E-state index contributed by atoms with van der Waals surface area (Å²) in [5.74, 6) is 0.510. The van der Waals surface area contributed by atoms with Crippen LogP contribution in [0.25, 0.3) is 0 Å². The fraction of sp³-hybridized carbons (Fsp3) is 1.00. The Morgan fingerprint density at radius 3 is 2.50 bits per heavy atom. The third kappa shape index (κ3) is 6.60. The summed E-state index contributed by atoms with van der Waals surface area (Å²) in [6.07, 6.45) is 3.73. The molecule has 0 bridgehead atoms. The molecule has 2 saturated heterocycles. The van der Waals surface area contributed by atoms with Crippen molar-refractivity contribution >= 4 is 0 Å². The molecule has 24 heavy (non-hydrogen) atoms. The summed E-state index contributed by atoms with van der Waals surface area (Å²) in [5.41, 5.74) is 0. The Balaban J connectivity index is 1.57. The van der Waals surface area contributed by atoms with Crippen molar-refractivity contribution in [1.29, 1.82) is 0 Å². The van der Waals surface area contributed by atoms with Gasteiger partial charge in [-0.05, 0) is 79.2 Å². The van der Waals surface area contributed by atoms with E-state index in [9.17, 15) is 5.11 Å². The molecule has 0 amide bonds. The molecule has 2 rings (SSSR count). The minimum absolute atomic E-state index is 0.140. The molecule has 0 spiro atoms. The summed E-state index contributed by atoms with van der Waals surface area (Å²) in [5, 5.41) is 9.68. The van der Waals surface area contributed by atoms with E-state index in [2.05, 4.69) is 35.6 Å². The van der Waals surface area contributed by atoms with Crippen molar-refractivity contribution in [3.63, 3.8) is 0 Å². The van der Waals surface area contributed by atoms with E-state index in [1.54, 1.807) is 0 Å². The molecule has 2 fully saturated rings. The molecule has 0 saturated carbocycles. The summed E-state index contributed by atoms with van der Waals surface area (Å²) < 4.78 is 5.94. The van der Waals surface area contributed by atoms with E-state index < -0.39 is 0 Å². The van der Waals surface area contributed by atoms with Gasteiger partial charge in [0.15, 0.2) is 0 Å². The summed E-state index contributed by atoms with van der Waals surface area (Å²) in [6, 6.07) is 0.617. The number of hydrogen-bond acceptors (Lipinski definition) is 5. The minimum atomic E-state index is -0.140. The number of hydrogen-bond donors (Lipinski definition) is 1. The Bertz CT molecular complexity index is 344.